The van der Waals surface area contributed by atoms with Crippen molar-refractivity contribution in [2.75, 3.05) is 0 Å². The number of aryl methyl sites for hydroxylation is 1. The van der Waals surface area contributed by atoms with Gasteiger partial charge >= 0.3 is 0 Å². The smallest absolute Gasteiger partial charge is 0.0412 e. The molecule has 78 valence electrons. The van der Waals surface area contributed by atoms with E-state index in [1.54, 1.807) is 0 Å². The summed E-state index contributed by atoms with van der Waals surface area (Å²) in [5.74, 6) is 0. The first-order valence-corrected chi connectivity index (χ1v) is 5.70. The fraction of sp³-hybridized carbons (Fsp3) is 0.0667. The van der Waals surface area contributed by atoms with Crippen molar-refractivity contribution >= 4 is 33.1 Å². The third-order valence-electron chi connectivity index (χ3n) is 2.91. The third-order valence-corrected chi connectivity index (χ3v) is 3.15. The Balaban J connectivity index is 2.44. The van der Waals surface area contributed by atoms with Gasteiger partial charge in [-0.05, 0) is 52.7 Å². The lowest BCUT2D eigenvalue weighted by Gasteiger charge is -2.03. The Labute approximate surface area is 99.5 Å². The summed E-state index contributed by atoms with van der Waals surface area (Å²) in [6, 6.07) is 16.9. The van der Waals surface area contributed by atoms with Gasteiger partial charge in [0, 0.05) is 5.02 Å². The molecular formula is C15H11Cl. The first-order valence-electron chi connectivity index (χ1n) is 5.32. The fourth-order valence-corrected chi connectivity index (χ4v) is 2.27. The lowest BCUT2D eigenvalue weighted by Crippen LogP contribution is -1.78. The Morgan fingerprint density at radius 2 is 1.31 bits per heavy atom. The zero-order chi connectivity index (χ0) is 11.1. The third kappa shape index (κ3) is 1.56. The number of halogens is 1. The minimum absolute atomic E-state index is 0.791. The van der Waals surface area contributed by atoms with Crippen molar-refractivity contribution in [1.29, 1.82) is 0 Å². The van der Waals surface area contributed by atoms with Crippen LogP contribution in [0.5, 0.6) is 0 Å². The summed E-state index contributed by atoms with van der Waals surface area (Å²) < 4.78 is 0. The molecule has 0 N–H and O–H groups in total. The van der Waals surface area contributed by atoms with Crippen LogP contribution in [0.25, 0.3) is 21.5 Å². The fourth-order valence-electron chi connectivity index (χ4n) is 2.09. The molecule has 0 aliphatic carbocycles. The van der Waals surface area contributed by atoms with Gasteiger partial charge in [0.15, 0.2) is 0 Å². The van der Waals surface area contributed by atoms with E-state index in [4.69, 9.17) is 11.6 Å². The highest BCUT2D eigenvalue weighted by Gasteiger charge is 1.99. The van der Waals surface area contributed by atoms with E-state index in [1.165, 1.54) is 27.1 Å². The van der Waals surface area contributed by atoms with E-state index in [1.807, 2.05) is 12.1 Å². The number of benzene rings is 3. The van der Waals surface area contributed by atoms with Crippen molar-refractivity contribution in [3.8, 4) is 0 Å². The van der Waals surface area contributed by atoms with Crippen molar-refractivity contribution in [1.82, 2.24) is 0 Å². The summed E-state index contributed by atoms with van der Waals surface area (Å²) in [7, 11) is 0. The van der Waals surface area contributed by atoms with E-state index in [-0.39, 0.29) is 0 Å². The van der Waals surface area contributed by atoms with E-state index < -0.39 is 0 Å². The molecule has 0 heterocycles. The lowest BCUT2D eigenvalue weighted by molar-refractivity contribution is 1.51. The van der Waals surface area contributed by atoms with E-state index in [0.29, 0.717) is 0 Å². The summed E-state index contributed by atoms with van der Waals surface area (Å²) >= 11 is 6.00. The molecular weight excluding hydrogens is 216 g/mol. The predicted octanol–water partition coefficient (Wildman–Crippen LogP) is 4.95. The molecule has 0 aliphatic rings. The van der Waals surface area contributed by atoms with Crippen LogP contribution in [0, 0.1) is 6.92 Å². The number of hydrogen-bond donors (Lipinski definition) is 0. The van der Waals surface area contributed by atoms with Gasteiger partial charge in [-0.15, -0.1) is 0 Å². The van der Waals surface area contributed by atoms with Crippen LogP contribution in [0.15, 0.2) is 48.5 Å². The maximum absolute atomic E-state index is 6.00. The molecule has 3 rings (SSSR count). The normalized spacial score (nSPS) is 11.1. The number of fused-ring (bicyclic) bond motifs is 2. The molecule has 0 aromatic heterocycles. The van der Waals surface area contributed by atoms with Crippen LogP contribution in [-0.4, -0.2) is 0 Å². The predicted molar refractivity (Wildman–Crippen MR) is 71.2 cm³/mol. The minimum atomic E-state index is 0.791. The molecule has 3 aromatic rings. The Morgan fingerprint density at radius 3 is 2.06 bits per heavy atom. The summed E-state index contributed by atoms with van der Waals surface area (Å²) in [5, 5.41) is 5.78. The molecule has 0 bridgehead atoms. The van der Waals surface area contributed by atoms with Crippen LogP contribution in [0.4, 0.5) is 0 Å². The molecule has 0 saturated carbocycles. The molecule has 0 fully saturated rings. The first kappa shape index (κ1) is 9.68. The van der Waals surface area contributed by atoms with Gasteiger partial charge < -0.3 is 0 Å². The van der Waals surface area contributed by atoms with Crippen molar-refractivity contribution in [2.45, 2.75) is 6.92 Å². The Morgan fingerprint density at radius 1 is 0.688 bits per heavy atom. The van der Waals surface area contributed by atoms with Crippen molar-refractivity contribution < 1.29 is 0 Å². The molecule has 0 saturated heterocycles. The molecule has 0 amide bonds. The highest BCUT2D eigenvalue weighted by Crippen LogP contribution is 2.25. The summed E-state index contributed by atoms with van der Waals surface area (Å²) in [5.41, 5.74) is 1.29. The zero-order valence-corrected chi connectivity index (χ0v) is 9.75. The van der Waals surface area contributed by atoms with Gasteiger partial charge in [0.2, 0.25) is 0 Å². The van der Waals surface area contributed by atoms with Gasteiger partial charge in [0.25, 0.3) is 0 Å². The van der Waals surface area contributed by atoms with Gasteiger partial charge in [0.05, 0.1) is 0 Å². The standard InChI is InChI=1S/C15H11Cl/c1-10-2-3-11-8-14-9-15(16)5-4-12(14)7-13(11)6-10/h2-9H,1H3. The van der Waals surface area contributed by atoms with Crippen LogP contribution >= 0.6 is 11.6 Å². The molecule has 0 radical (unpaired) electrons. The van der Waals surface area contributed by atoms with E-state index in [0.717, 1.165) is 5.02 Å². The Bertz CT molecular complexity index is 622. The van der Waals surface area contributed by atoms with Gasteiger partial charge in [-0.3, -0.25) is 0 Å². The monoisotopic (exact) mass is 226 g/mol. The highest BCUT2D eigenvalue weighted by atomic mass is 35.5. The summed E-state index contributed by atoms with van der Waals surface area (Å²) in [6.07, 6.45) is 0. The average molecular weight is 227 g/mol. The van der Waals surface area contributed by atoms with Crippen molar-refractivity contribution in [3.63, 3.8) is 0 Å². The zero-order valence-electron chi connectivity index (χ0n) is 9.00. The maximum Gasteiger partial charge on any atom is 0.0412 e. The second-order valence-corrected chi connectivity index (χ2v) is 4.63. The SMILES string of the molecule is Cc1ccc2cc3cc(Cl)ccc3cc2c1. The van der Waals surface area contributed by atoms with Gasteiger partial charge in [-0.2, -0.15) is 0 Å². The molecule has 16 heavy (non-hydrogen) atoms. The molecule has 1 heteroatoms. The number of hydrogen-bond acceptors (Lipinski definition) is 0. The minimum Gasteiger partial charge on any atom is -0.0843 e. The van der Waals surface area contributed by atoms with Crippen molar-refractivity contribution in [2.24, 2.45) is 0 Å². The summed E-state index contributed by atoms with van der Waals surface area (Å²) in [4.78, 5) is 0. The molecule has 0 nitrogen and oxygen atoms in total. The molecule has 0 unspecified atom stereocenters. The molecule has 0 spiro atoms. The topological polar surface area (TPSA) is 0 Å². The van der Waals surface area contributed by atoms with Crippen molar-refractivity contribution in [3.05, 3.63) is 59.1 Å². The summed E-state index contributed by atoms with van der Waals surface area (Å²) in [6.45, 7) is 2.12. The largest absolute Gasteiger partial charge is 0.0843 e. The van der Waals surface area contributed by atoms with Gasteiger partial charge in [-0.1, -0.05) is 41.4 Å². The second kappa shape index (κ2) is 3.50. The van der Waals surface area contributed by atoms with Gasteiger partial charge in [0.1, 0.15) is 0 Å². The van der Waals surface area contributed by atoms with E-state index in [9.17, 15) is 0 Å². The Kier molecular flexibility index (Phi) is 2.12. The molecule has 3 aromatic carbocycles. The van der Waals surface area contributed by atoms with Crippen LogP contribution in [-0.2, 0) is 0 Å². The number of rotatable bonds is 0. The van der Waals surface area contributed by atoms with Crippen LogP contribution in [0.3, 0.4) is 0 Å². The highest BCUT2D eigenvalue weighted by molar-refractivity contribution is 6.31. The van der Waals surface area contributed by atoms with Crippen LogP contribution in [0.2, 0.25) is 5.02 Å². The van der Waals surface area contributed by atoms with E-state index in [2.05, 4.69) is 43.3 Å². The van der Waals surface area contributed by atoms with Gasteiger partial charge in [-0.25, -0.2) is 0 Å². The molecule has 0 aliphatic heterocycles. The van der Waals surface area contributed by atoms with E-state index >= 15 is 0 Å². The first-order chi connectivity index (χ1) is 7.72. The average Bonchev–Trinajstić information content (AvgIpc) is 2.26. The van der Waals surface area contributed by atoms with Crippen LogP contribution < -0.4 is 0 Å². The molecule has 0 atom stereocenters. The maximum atomic E-state index is 6.00. The second-order valence-electron chi connectivity index (χ2n) is 4.19. The lowest BCUT2D eigenvalue weighted by atomic mass is 10.0. The van der Waals surface area contributed by atoms with Crippen LogP contribution in [0.1, 0.15) is 5.56 Å². The Hall–Kier alpha value is -1.53. The quantitative estimate of drug-likeness (QED) is 0.476.